The number of carbonyl (C=O) groups excluding carboxylic acids is 1. The lowest BCUT2D eigenvalue weighted by molar-refractivity contribution is 0.0934. The largest absolute Gasteiger partial charge is 0.348 e. The second-order valence-electron chi connectivity index (χ2n) is 5.77. The summed E-state index contributed by atoms with van der Waals surface area (Å²) in [6, 6.07) is 1.70. The predicted molar refractivity (Wildman–Crippen MR) is 90.8 cm³/mol. The van der Waals surface area contributed by atoms with Crippen molar-refractivity contribution >= 4 is 18.3 Å². The summed E-state index contributed by atoms with van der Waals surface area (Å²) in [6.45, 7) is 2.50. The second-order valence-corrected chi connectivity index (χ2v) is 5.77. The second kappa shape index (κ2) is 8.96. The van der Waals surface area contributed by atoms with Gasteiger partial charge in [-0.3, -0.25) is 9.59 Å². The fourth-order valence-corrected chi connectivity index (χ4v) is 2.81. The van der Waals surface area contributed by atoms with Crippen molar-refractivity contribution in [3.05, 3.63) is 33.2 Å². The van der Waals surface area contributed by atoms with E-state index in [1.165, 1.54) is 0 Å². The van der Waals surface area contributed by atoms with Gasteiger partial charge in [0.2, 0.25) is 0 Å². The Hall–Kier alpha value is -1.33. The maximum atomic E-state index is 12.3. The Balaban J connectivity index is 0.00000242. The molecule has 1 heterocycles. The molecule has 6 heteroatoms. The highest BCUT2D eigenvalue weighted by Gasteiger charge is 2.19. The van der Waals surface area contributed by atoms with Crippen molar-refractivity contribution < 1.29 is 4.79 Å². The van der Waals surface area contributed by atoms with Gasteiger partial charge in [0.15, 0.2) is 0 Å². The molecule has 1 aliphatic carbocycles. The van der Waals surface area contributed by atoms with Crippen LogP contribution in [0.1, 0.15) is 60.6 Å². The highest BCUT2D eigenvalue weighted by atomic mass is 35.5. The summed E-state index contributed by atoms with van der Waals surface area (Å²) >= 11 is 0. The van der Waals surface area contributed by atoms with E-state index in [0.29, 0.717) is 6.54 Å². The van der Waals surface area contributed by atoms with Crippen molar-refractivity contribution in [2.24, 2.45) is 5.73 Å². The number of hydrogen-bond donors (Lipinski definition) is 3. The average molecular weight is 328 g/mol. The molecule has 1 unspecified atom stereocenters. The van der Waals surface area contributed by atoms with Crippen LogP contribution < -0.4 is 16.6 Å². The van der Waals surface area contributed by atoms with Crippen molar-refractivity contribution in [1.29, 1.82) is 0 Å². The van der Waals surface area contributed by atoms with Gasteiger partial charge in [0, 0.05) is 18.3 Å². The molecule has 2 rings (SSSR count). The molecule has 1 amide bonds. The Kier molecular flexibility index (Phi) is 7.62. The summed E-state index contributed by atoms with van der Waals surface area (Å²) in [4.78, 5) is 27.2. The lowest BCUT2D eigenvalue weighted by Gasteiger charge is -2.18. The summed E-state index contributed by atoms with van der Waals surface area (Å²) in [5, 5.41) is 2.88. The van der Waals surface area contributed by atoms with Gasteiger partial charge < -0.3 is 16.0 Å². The maximum absolute atomic E-state index is 12.3. The molecule has 0 radical (unpaired) electrons. The highest BCUT2D eigenvalue weighted by molar-refractivity contribution is 5.94. The summed E-state index contributed by atoms with van der Waals surface area (Å²) in [5.41, 5.74) is 7.70. The first-order chi connectivity index (χ1) is 10.2. The van der Waals surface area contributed by atoms with E-state index in [2.05, 4.69) is 17.2 Å². The van der Waals surface area contributed by atoms with Crippen molar-refractivity contribution in [2.45, 2.75) is 57.9 Å². The standard InChI is InChI=1S/C16H25N3O2.ClH/c1-2-3-7-12(10-17)18-15(20)13-9-11-6-4-5-8-14(11)19-16(13)21;/h9,12H,2-8,10,17H2,1H3,(H,18,20)(H,19,21);1H. The Morgan fingerprint density at radius 2 is 2.14 bits per heavy atom. The van der Waals surface area contributed by atoms with Gasteiger partial charge in [-0.25, -0.2) is 0 Å². The van der Waals surface area contributed by atoms with Crippen LogP contribution in [0.25, 0.3) is 0 Å². The van der Waals surface area contributed by atoms with Crippen LogP contribution in [-0.4, -0.2) is 23.5 Å². The van der Waals surface area contributed by atoms with Gasteiger partial charge in [-0.15, -0.1) is 12.4 Å². The predicted octanol–water partition coefficient (Wildman–Crippen LogP) is 1.92. The molecule has 0 spiro atoms. The quantitative estimate of drug-likeness (QED) is 0.746. The molecular weight excluding hydrogens is 302 g/mol. The molecule has 0 aromatic carbocycles. The Bertz CT molecular complexity index is 557. The summed E-state index contributed by atoms with van der Waals surface area (Å²) in [7, 11) is 0. The smallest absolute Gasteiger partial charge is 0.261 e. The van der Waals surface area contributed by atoms with E-state index >= 15 is 0 Å². The third-order valence-corrected chi connectivity index (χ3v) is 4.11. The number of aryl methyl sites for hydroxylation is 2. The minimum absolute atomic E-state index is 0. The molecule has 1 aliphatic rings. The Morgan fingerprint density at radius 1 is 1.41 bits per heavy atom. The molecule has 0 fully saturated rings. The van der Waals surface area contributed by atoms with Gasteiger partial charge in [0.1, 0.15) is 5.56 Å². The van der Waals surface area contributed by atoms with E-state index in [0.717, 1.165) is 56.2 Å². The molecule has 124 valence electrons. The number of nitrogens with two attached hydrogens (primary N) is 1. The number of carbonyl (C=O) groups is 1. The molecule has 1 aromatic heterocycles. The molecule has 1 aromatic rings. The third kappa shape index (κ3) is 4.58. The number of rotatable bonds is 6. The monoisotopic (exact) mass is 327 g/mol. The van der Waals surface area contributed by atoms with E-state index in [-0.39, 0.29) is 35.5 Å². The zero-order valence-electron chi connectivity index (χ0n) is 13.1. The number of H-pyrrole nitrogens is 1. The number of aromatic nitrogens is 1. The van der Waals surface area contributed by atoms with E-state index in [1.54, 1.807) is 6.07 Å². The molecule has 1 atom stereocenters. The normalized spacial score (nSPS) is 14.6. The minimum atomic E-state index is -0.309. The molecular formula is C16H26ClN3O2. The third-order valence-electron chi connectivity index (χ3n) is 4.11. The van der Waals surface area contributed by atoms with E-state index in [4.69, 9.17) is 5.73 Å². The number of amides is 1. The first-order valence-electron chi connectivity index (χ1n) is 7.91. The number of nitrogens with one attached hydrogen (secondary N) is 2. The van der Waals surface area contributed by atoms with E-state index < -0.39 is 0 Å². The first-order valence-corrected chi connectivity index (χ1v) is 7.91. The van der Waals surface area contributed by atoms with Gasteiger partial charge >= 0.3 is 0 Å². The highest BCUT2D eigenvalue weighted by Crippen LogP contribution is 2.18. The van der Waals surface area contributed by atoms with Crippen molar-refractivity contribution in [3.63, 3.8) is 0 Å². The lowest BCUT2D eigenvalue weighted by Crippen LogP contribution is -2.42. The van der Waals surface area contributed by atoms with Crippen LogP contribution in [0.15, 0.2) is 10.9 Å². The lowest BCUT2D eigenvalue weighted by atomic mass is 9.95. The minimum Gasteiger partial charge on any atom is -0.348 e. The van der Waals surface area contributed by atoms with E-state index in [9.17, 15) is 9.59 Å². The number of unbranched alkanes of at least 4 members (excludes halogenated alkanes) is 1. The van der Waals surface area contributed by atoms with Crippen molar-refractivity contribution in [1.82, 2.24) is 10.3 Å². The Morgan fingerprint density at radius 3 is 2.82 bits per heavy atom. The van der Waals surface area contributed by atoms with Crippen LogP contribution in [0.3, 0.4) is 0 Å². The van der Waals surface area contributed by atoms with Gasteiger partial charge in [0.05, 0.1) is 0 Å². The number of aromatic amines is 1. The van der Waals surface area contributed by atoms with Crippen LogP contribution >= 0.6 is 12.4 Å². The zero-order chi connectivity index (χ0) is 15.2. The van der Waals surface area contributed by atoms with Gasteiger partial charge in [0.25, 0.3) is 11.5 Å². The maximum Gasteiger partial charge on any atom is 0.261 e. The summed E-state index contributed by atoms with van der Waals surface area (Å²) < 4.78 is 0. The van der Waals surface area contributed by atoms with Crippen LogP contribution in [0, 0.1) is 0 Å². The fourth-order valence-electron chi connectivity index (χ4n) is 2.81. The topological polar surface area (TPSA) is 88.0 Å². The molecule has 5 nitrogen and oxygen atoms in total. The number of hydrogen-bond acceptors (Lipinski definition) is 3. The van der Waals surface area contributed by atoms with Crippen LogP contribution in [0.2, 0.25) is 0 Å². The number of halogens is 1. The molecule has 22 heavy (non-hydrogen) atoms. The van der Waals surface area contributed by atoms with Gasteiger partial charge in [-0.1, -0.05) is 19.8 Å². The van der Waals surface area contributed by atoms with Gasteiger partial charge in [-0.2, -0.15) is 0 Å². The van der Waals surface area contributed by atoms with Crippen molar-refractivity contribution in [2.75, 3.05) is 6.54 Å². The Labute approximate surface area is 137 Å². The molecule has 0 saturated carbocycles. The summed E-state index contributed by atoms with van der Waals surface area (Å²) in [6.07, 6.45) is 6.97. The zero-order valence-corrected chi connectivity index (χ0v) is 13.9. The fraction of sp³-hybridized carbons (Fsp3) is 0.625. The molecule has 0 aliphatic heterocycles. The van der Waals surface area contributed by atoms with Crippen LogP contribution in [0.4, 0.5) is 0 Å². The average Bonchev–Trinajstić information content (AvgIpc) is 2.50. The van der Waals surface area contributed by atoms with E-state index in [1.807, 2.05) is 0 Å². The molecule has 4 N–H and O–H groups in total. The van der Waals surface area contributed by atoms with Crippen LogP contribution in [-0.2, 0) is 12.8 Å². The number of pyridine rings is 1. The van der Waals surface area contributed by atoms with Gasteiger partial charge in [-0.05, 0) is 43.7 Å². The van der Waals surface area contributed by atoms with Crippen LogP contribution in [0.5, 0.6) is 0 Å². The SMILES string of the molecule is CCCCC(CN)NC(=O)c1cc2c([nH]c1=O)CCCC2.Cl. The molecule has 0 saturated heterocycles. The first kappa shape index (κ1) is 18.7. The van der Waals surface area contributed by atoms with Crippen molar-refractivity contribution in [3.8, 4) is 0 Å². The molecule has 0 bridgehead atoms. The summed E-state index contributed by atoms with van der Waals surface area (Å²) in [5.74, 6) is -0.309. The number of fused-ring (bicyclic) bond motifs is 1.